The summed E-state index contributed by atoms with van der Waals surface area (Å²) in [6, 6.07) is 4.73. The monoisotopic (exact) mass is 418 g/mol. The third-order valence-electron chi connectivity index (χ3n) is 4.77. The Balaban J connectivity index is 1.42. The molecule has 11 heteroatoms. The summed E-state index contributed by atoms with van der Waals surface area (Å²) in [7, 11) is 1.33. The number of rotatable bonds is 5. The van der Waals surface area contributed by atoms with E-state index in [1.165, 1.54) is 19.5 Å². The average molecular weight is 418 g/mol. The standard InChI is InChI=1S/C19H17F3N6O2/c1-30-15-3-2-13(19(20,21)22)6-14(15)26-18(29)12-8-28(9-12)17-7-16(24-10-25-17)27-5-4-23-11-27/h2-7,10-12H,8-9H2,1H3,(H,26,29). The molecule has 3 aromatic rings. The van der Waals surface area contributed by atoms with Crippen LogP contribution < -0.4 is 15.0 Å². The average Bonchev–Trinajstić information content (AvgIpc) is 3.21. The molecule has 0 spiro atoms. The number of methoxy groups -OCH3 is 1. The highest BCUT2D eigenvalue weighted by Gasteiger charge is 2.35. The minimum Gasteiger partial charge on any atom is -0.495 e. The SMILES string of the molecule is COc1ccc(C(F)(F)F)cc1NC(=O)C1CN(c2cc(-n3ccnc3)ncn2)C1. The first kappa shape index (κ1) is 19.7. The van der Waals surface area contributed by atoms with Crippen molar-refractivity contribution in [1.82, 2.24) is 19.5 Å². The molecule has 0 saturated carbocycles. The molecule has 1 aliphatic heterocycles. The van der Waals surface area contributed by atoms with E-state index < -0.39 is 17.7 Å². The number of imidazole rings is 1. The summed E-state index contributed by atoms with van der Waals surface area (Å²) >= 11 is 0. The van der Waals surface area contributed by atoms with Crippen LogP contribution in [-0.4, -0.2) is 45.6 Å². The zero-order chi connectivity index (χ0) is 21.3. The Morgan fingerprint density at radius 1 is 1.20 bits per heavy atom. The molecule has 30 heavy (non-hydrogen) atoms. The van der Waals surface area contributed by atoms with E-state index in [4.69, 9.17) is 4.74 Å². The number of hydrogen-bond acceptors (Lipinski definition) is 6. The molecular weight excluding hydrogens is 401 g/mol. The number of halogens is 3. The van der Waals surface area contributed by atoms with Crippen molar-refractivity contribution in [2.24, 2.45) is 5.92 Å². The van der Waals surface area contributed by atoms with Gasteiger partial charge < -0.3 is 15.0 Å². The van der Waals surface area contributed by atoms with E-state index >= 15 is 0 Å². The molecule has 1 fully saturated rings. The number of carbonyl (C=O) groups excluding carboxylic acids is 1. The summed E-state index contributed by atoms with van der Waals surface area (Å²) in [5, 5.41) is 2.55. The smallest absolute Gasteiger partial charge is 0.416 e. The van der Waals surface area contributed by atoms with Gasteiger partial charge in [-0.2, -0.15) is 13.2 Å². The van der Waals surface area contributed by atoms with Gasteiger partial charge >= 0.3 is 6.18 Å². The minimum absolute atomic E-state index is 0.0137. The van der Waals surface area contributed by atoms with Gasteiger partial charge in [0.25, 0.3) is 0 Å². The first-order valence-electron chi connectivity index (χ1n) is 8.96. The molecule has 4 rings (SSSR count). The maximum Gasteiger partial charge on any atom is 0.416 e. The van der Waals surface area contributed by atoms with Crippen LogP contribution >= 0.6 is 0 Å². The highest BCUT2D eigenvalue weighted by molar-refractivity contribution is 5.95. The van der Waals surface area contributed by atoms with Crippen molar-refractivity contribution >= 4 is 17.4 Å². The lowest BCUT2D eigenvalue weighted by Crippen LogP contribution is -2.52. The van der Waals surface area contributed by atoms with Gasteiger partial charge in [0.05, 0.1) is 24.3 Å². The summed E-state index contributed by atoms with van der Waals surface area (Å²) < 4.78 is 45.7. The van der Waals surface area contributed by atoms with Crippen LogP contribution in [0.15, 0.2) is 49.3 Å². The number of carbonyl (C=O) groups is 1. The molecule has 156 valence electrons. The molecule has 3 heterocycles. The first-order chi connectivity index (χ1) is 14.3. The van der Waals surface area contributed by atoms with Gasteiger partial charge in [0.15, 0.2) is 0 Å². The van der Waals surface area contributed by atoms with Crippen LogP contribution in [0, 0.1) is 5.92 Å². The Kier molecular flexibility index (Phi) is 5.02. The zero-order valence-electron chi connectivity index (χ0n) is 15.8. The lowest BCUT2D eigenvalue weighted by atomic mass is 9.99. The molecule has 1 amide bonds. The summed E-state index contributed by atoms with van der Waals surface area (Å²) in [6.07, 6.45) is 1.90. The Morgan fingerprint density at radius 3 is 2.63 bits per heavy atom. The molecule has 0 aliphatic carbocycles. The van der Waals surface area contributed by atoms with Crippen molar-refractivity contribution < 1.29 is 22.7 Å². The first-order valence-corrected chi connectivity index (χ1v) is 8.96. The number of anilines is 2. The number of ether oxygens (including phenoxy) is 1. The van der Waals surface area contributed by atoms with E-state index in [-0.39, 0.29) is 17.3 Å². The van der Waals surface area contributed by atoms with Gasteiger partial charge in [-0.25, -0.2) is 15.0 Å². The predicted molar refractivity (Wildman–Crippen MR) is 101 cm³/mol. The van der Waals surface area contributed by atoms with E-state index in [0.29, 0.717) is 24.7 Å². The molecule has 1 N–H and O–H groups in total. The van der Waals surface area contributed by atoms with E-state index in [1.54, 1.807) is 29.4 Å². The van der Waals surface area contributed by atoms with Crippen LogP contribution in [-0.2, 0) is 11.0 Å². The predicted octanol–water partition coefficient (Wildman–Crippen LogP) is 2.76. The topological polar surface area (TPSA) is 85.2 Å². The molecule has 1 saturated heterocycles. The maximum atomic E-state index is 13.0. The van der Waals surface area contributed by atoms with E-state index in [2.05, 4.69) is 20.3 Å². The quantitative estimate of drug-likeness (QED) is 0.686. The van der Waals surface area contributed by atoms with Crippen molar-refractivity contribution in [3.8, 4) is 11.6 Å². The van der Waals surface area contributed by atoms with Crippen LogP contribution in [0.5, 0.6) is 5.75 Å². The summed E-state index contributed by atoms with van der Waals surface area (Å²) in [6.45, 7) is 0.765. The van der Waals surface area contributed by atoms with Crippen molar-refractivity contribution in [3.63, 3.8) is 0 Å². The maximum absolute atomic E-state index is 13.0. The Labute approximate surface area is 169 Å². The highest BCUT2D eigenvalue weighted by atomic mass is 19.4. The molecule has 0 atom stereocenters. The van der Waals surface area contributed by atoms with Gasteiger partial charge in [0.1, 0.15) is 30.0 Å². The second-order valence-corrected chi connectivity index (χ2v) is 6.71. The van der Waals surface area contributed by atoms with Crippen molar-refractivity contribution in [1.29, 1.82) is 0 Å². The third kappa shape index (κ3) is 3.91. The lowest BCUT2D eigenvalue weighted by molar-refractivity contribution is -0.137. The van der Waals surface area contributed by atoms with Crippen molar-refractivity contribution in [2.45, 2.75) is 6.18 Å². The number of nitrogens with one attached hydrogen (secondary N) is 1. The van der Waals surface area contributed by atoms with Gasteiger partial charge in [-0.3, -0.25) is 9.36 Å². The molecule has 2 aromatic heterocycles. The van der Waals surface area contributed by atoms with Crippen molar-refractivity contribution in [3.05, 3.63) is 54.9 Å². The van der Waals surface area contributed by atoms with Crippen molar-refractivity contribution in [2.75, 3.05) is 30.4 Å². The van der Waals surface area contributed by atoms with E-state index in [1.807, 2.05) is 4.90 Å². The molecule has 1 aliphatic rings. The Morgan fingerprint density at radius 2 is 1.97 bits per heavy atom. The fraction of sp³-hybridized carbons (Fsp3) is 0.263. The molecule has 1 aromatic carbocycles. The van der Waals surface area contributed by atoms with Crippen LogP contribution in [0.3, 0.4) is 0 Å². The molecule has 8 nitrogen and oxygen atoms in total. The molecule has 0 radical (unpaired) electrons. The number of alkyl halides is 3. The Hall–Kier alpha value is -3.63. The van der Waals surface area contributed by atoms with Gasteiger partial charge in [-0.15, -0.1) is 0 Å². The van der Waals surface area contributed by atoms with Crippen LogP contribution in [0.1, 0.15) is 5.56 Å². The number of amides is 1. The fourth-order valence-corrected chi connectivity index (χ4v) is 3.09. The van der Waals surface area contributed by atoms with Gasteiger partial charge in [0.2, 0.25) is 5.91 Å². The normalized spacial score (nSPS) is 14.3. The van der Waals surface area contributed by atoms with E-state index in [9.17, 15) is 18.0 Å². The second kappa shape index (κ2) is 7.65. The summed E-state index contributed by atoms with van der Waals surface area (Å²) in [5.41, 5.74) is -0.873. The van der Waals surface area contributed by atoms with E-state index in [0.717, 1.165) is 12.1 Å². The third-order valence-corrected chi connectivity index (χ3v) is 4.77. The number of benzene rings is 1. The van der Waals surface area contributed by atoms with Gasteiger partial charge in [-0.1, -0.05) is 0 Å². The number of hydrogen-bond donors (Lipinski definition) is 1. The fourth-order valence-electron chi connectivity index (χ4n) is 3.09. The highest BCUT2D eigenvalue weighted by Crippen LogP contribution is 2.35. The largest absolute Gasteiger partial charge is 0.495 e. The molecule has 0 bridgehead atoms. The molecular formula is C19H17F3N6O2. The van der Waals surface area contributed by atoms with Gasteiger partial charge in [0, 0.05) is 31.5 Å². The number of aromatic nitrogens is 4. The van der Waals surface area contributed by atoms with Crippen LogP contribution in [0.25, 0.3) is 5.82 Å². The Bertz CT molecular complexity index is 1050. The van der Waals surface area contributed by atoms with Gasteiger partial charge in [-0.05, 0) is 18.2 Å². The number of nitrogens with zero attached hydrogens (tertiary/aromatic N) is 5. The zero-order valence-corrected chi connectivity index (χ0v) is 15.8. The minimum atomic E-state index is -4.51. The van der Waals surface area contributed by atoms with Crippen LogP contribution in [0.2, 0.25) is 0 Å². The summed E-state index contributed by atoms with van der Waals surface area (Å²) in [5.74, 6) is 0.672. The second-order valence-electron chi connectivity index (χ2n) is 6.71. The van der Waals surface area contributed by atoms with Crippen LogP contribution in [0.4, 0.5) is 24.7 Å². The molecule has 0 unspecified atom stereocenters. The lowest BCUT2D eigenvalue weighted by Gasteiger charge is -2.39. The summed E-state index contributed by atoms with van der Waals surface area (Å²) in [4.78, 5) is 26.8.